The molecular weight excluding hydrogens is 194 g/mol. The minimum atomic E-state index is -3.19. The second kappa shape index (κ2) is 3.61. The van der Waals surface area contributed by atoms with E-state index in [1.165, 1.54) is 0 Å². The molecule has 4 nitrogen and oxygen atoms in total. The third-order valence-corrected chi connectivity index (χ3v) is 2.16. The van der Waals surface area contributed by atoms with Crippen LogP contribution in [0.25, 0.3) is 0 Å². The lowest BCUT2D eigenvalue weighted by Crippen LogP contribution is -2.44. The largest absolute Gasteiger partial charge is 0.325 e. The number of nitrogens with two attached hydrogens (primary N) is 1. The van der Waals surface area contributed by atoms with Crippen LogP contribution in [-0.4, -0.2) is 35.7 Å². The number of carbonyl (C=O) groups is 2. The monoisotopic (exact) mass is 206 g/mol. The third kappa shape index (κ3) is 2.06. The van der Waals surface area contributed by atoms with Crippen LogP contribution in [-0.2, 0) is 9.59 Å². The van der Waals surface area contributed by atoms with Crippen molar-refractivity contribution in [1.82, 2.24) is 4.90 Å². The predicted octanol–water partition coefficient (Wildman–Crippen LogP) is -0.0246. The van der Waals surface area contributed by atoms with Gasteiger partial charge in [0.2, 0.25) is 11.8 Å². The van der Waals surface area contributed by atoms with Crippen LogP contribution >= 0.6 is 0 Å². The second-order valence-electron chi connectivity index (χ2n) is 3.48. The van der Waals surface area contributed by atoms with Gasteiger partial charge in [0.1, 0.15) is 0 Å². The molecule has 0 saturated carbocycles. The Kier molecular flexibility index (Phi) is 2.84. The van der Waals surface area contributed by atoms with Crippen LogP contribution in [0, 0.1) is 5.92 Å². The quantitative estimate of drug-likeness (QED) is 0.660. The summed E-state index contributed by atoms with van der Waals surface area (Å²) in [6.45, 7) is -0.217. The Morgan fingerprint density at radius 2 is 2.14 bits per heavy atom. The van der Waals surface area contributed by atoms with Crippen LogP contribution in [0.1, 0.15) is 13.3 Å². The molecule has 2 amide bonds. The van der Waals surface area contributed by atoms with E-state index >= 15 is 0 Å². The van der Waals surface area contributed by atoms with Crippen LogP contribution in [0.5, 0.6) is 0 Å². The topological polar surface area (TPSA) is 63.4 Å². The molecule has 1 heterocycles. The first-order valence-electron chi connectivity index (χ1n) is 4.29. The summed E-state index contributed by atoms with van der Waals surface area (Å²) in [6.07, 6.45) is 0.0134. The lowest BCUT2D eigenvalue weighted by Gasteiger charge is -2.20. The van der Waals surface area contributed by atoms with Crippen LogP contribution in [0.3, 0.4) is 0 Å². The van der Waals surface area contributed by atoms with Crippen LogP contribution in [0.2, 0.25) is 0 Å². The average Bonchev–Trinajstić information content (AvgIpc) is 2.32. The van der Waals surface area contributed by atoms with Crippen molar-refractivity contribution in [2.24, 2.45) is 11.7 Å². The van der Waals surface area contributed by atoms with Gasteiger partial charge in [-0.1, -0.05) is 6.92 Å². The summed E-state index contributed by atoms with van der Waals surface area (Å²) in [5.74, 6) is -4.76. The zero-order valence-electron chi connectivity index (χ0n) is 7.80. The number of likely N-dealkylation sites (tertiary alicyclic amines) is 1. The number of halogens is 2. The first-order valence-corrected chi connectivity index (χ1v) is 4.29. The summed E-state index contributed by atoms with van der Waals surface area (Å²) in [7, 11) is 0. The molecule has 1 fully saturated rings. The molecule has 0 radical (unpaired) electrons. The van der Waals surface area contributed by atoms with Crippen LogP contribution < -0.4 is 5.73 Å². The number of hydrogen-bond acceptors (Lipinski definition) is 3. The molecule has 0 bridgehead atoms. The van der Waals surface area contributed by atoms with Gasteiger partial charge in [0, 0.05) is 12.3 Å². The highest BCUT2D eigenvalue weighted by Crippen LogP contribution is 2.23. The molecule has 0 aromatic rings. The Balaban J connectivity index is 2.70. The number of amides is 2. The molecule has 14 heavy (non-hydrogen) atoms. The molecule has 1 saturated heterocycles. The number of carbonyl (C=O) groups excluding carboxylic acids is 2. The molecule has 1 aliphatic heterocycles. The van der Waals surface area contributed by atoms with E-state index in [9.17, 15) is 18.4 Å². The van der Waals surface area contributed by atoms with E-state index in [1.807, 2.05) is 0 Å². The Bertz CT molecular complexity index is 268. The number of imide groups is 1. The summed E-state index contributed by atoms with van der Waals surface area (Å²) in [5.41, 5.74) is 4.81. The van der Waals surface area contributed by atoms with Gasteiger partial charge in [-0.05, 0) is 0 Å². The molecule has 1 aliphatic rings. The Morgan fingerprint density at radius 3 is 2.50 bits per heavy atom. The van der Waals surface area contributed by atoms with Crippen molar-refractivity contribution in [3.8, 4) is 0 Å². The summed E-state index contributed by atoms with van der Waals surface area (Å²) < 4.78 is 25.6. The van der Waals surface area contributed by atoms with Gasteiger partial charge < -0.3 is 5.73 Å². The maximum absolute atomic E-state index is 12.8. The SMILES string of the molecule is CC1CC(=O)N(CC(F)(F)CN)C1=O. The summed E-state index contributed by atoms with van der Waals surface area (Å²) >= 11 is 0. The van der Waals surface area contributed by atoms with E-state index < -0.39 is 36.7 Å². The maximum Gasteiger partial charge on any atom is 0.277 e. The molecule has 0 aromatic heterocycles. The standard InChI is InChI=1S/C8H12F2N2O2/c1-5-2-6(13)12(7(5)14)4-8(9,10)3-11/h5H,2-4,11H2,1H3. The van der Waals surface area contributed by atoms with Crippen molar-refractivity contribution in [3.05, 3.63) is 0 Å². The summed E-state index contributed by atoms with van der Waals surface area (Å²) in [6, 6.07) is 0. The van der Waals surface area contributed by atoms with E-state index in [-0.39, 0.29) is 6.42 Å². The number of nitrogens with zero attached hydrogens (tertiary/aromatic N) is 1. The van der Waals surface area contributed by atoms with E-state index in [0.717, 1.165) is 0 Å². The smallest absolute Gasteiger partial charge is 0.277 e. The van der Waals surface area contributed by atoms with Gasteiger partial charge in [0.25, 0.3) is 5.92 Å². The molecule has 6 heteroatoms. The van der Waals surface area contributed by atoms with Crippen molar-refractivity contribution in [2.45, 2.75) is 19.3 Å². The molecule has 2 N–H and O–H groups in total. The molecule has 1 unspecified atom stereocenters. The minimum Gasteiger partial charge on any atom is -0.325 e. The Morgan fingerprint density at radius 1 is 1.57 bits per heavy atom. The van der Waals surface area contributed by atoms with E-state index in [0.29, 0.717) is 4.90 Å². The highest BCUT2D eigenvalue weighted by molar-refractivity contribution is 6.03. The fraction of sp³-hybridized carbons (Fsp3) is 0.750. The Hall–Kier alpha value is -1.04. The van der Waals surface area contributed by atoms with Crippen molar-refractivity contribution < 1.29 is 18.4 Å². The lowest BCUT2D eigenvalue weighted by molar-refractivity contribution is -0.144. The number of rotatable bonds is 3. The first kappa shape index (κ1) is 11.0. The molecule has 0 aromatic carbocycles. The van der Waals surface area contributed by atoms with Crippen molar-refractivity contribution in [2.75, 3.05) is 13.1 Å². The van der Waals surface area contributed by atoms with E-state index in [1.54, 1.807) is 6.92 Å². The number of alkyl halides is 2. The van der Waals surface area contributed by atoms with Crippen molar-refractivity contribution in [1.29, 1.82) is 0 Å². The second-order valence-corrected chi connectivity index (χ2v) is 3.48. The first-order chi connectivity index (χ1) is 6.37. The van der Waals surface area contributed by atoms with Crippen LogP contribution in [0.4, 0.5) is 8.78 Å². The average molecular weight is 206 g/mol. The van der Waals surface area contributed by atoms with Gasteiger partial charge in [0.15, 0.2) is 0 Å². The highest BCUT2D eigenvalue weighted by atomic mass is 19.3. The fourth-order valence-corrected chi connectivity index (χ4v) is 1.31. The highest BCUT2D eigenvalue weighted by Gasteiger charge is 2.41. The summed E-state index contributed by atoms with van der Waals surface area (Å²) in [4.78, 5) is 23.0. The zero-order valence-corrected chi connectivity index (χ0v) is 7.80. The van der Waals surface area contributed by atoms with Crippen molar-refractivity contribution in [3.63, 3.8) is 0 Å². The summed E-state index contributed by atoms with van der Waals surface area (Å²) in [5, 5.41) is 0. The molecule has 80 valence electrons. The van der Waals surface area contributed by atoms with Gasteiger partial charge in [-0.2, -0.15) is 0 Å². The third-order valence-electron chi connectivity index (χ3n) is 2.16. The van der Waals surface area contributed by atoms with Gasteiger partial charge >= 0.3 is 0 Å². The van der Waals surface area contributed by atoms with Crippen molar-refractivity contribution >= 4 is 11.8 Å². The molecular formula is C8H12F2N2O2. The molecule has 1 atom stereocenters. The predicted molar refractivity (Wildman–Crippen MR) is 44.5 cm³/mol. The van der Waals surface area contributed by atoms with Gasteiger partial charge in [0.05, 0.1) is 13.1 Å². The maximum atomic E-state index is 12.8. The van der Waals surface area contributed by atoms with E-state index in [2.05, 4.69) is 0 Å². The van der Waals surface area contributed by atoms with Gasteiger partial charge in [-0.15, -0.1) is 0 Å². The molecule has 0 spiro atoms. The minimum absolute atomic E-state index is 0.0134. The Labute approximate surface area is 80.0 Å². The van der Waals surface area contributed by atoms with Gasteiger partial charge in [-0.3, -0.25) is 14.5 Å². The zero-order chi connectivity index (χ0) is 10.9. The molecule has 1 rings (SSSR count). The number of hydrogen-bond donors (Lipinski definition) is 1. The van der Waals surface area contributed by atoms with E-state index in [4.69, 9.17) is 5.73 Å². The normalized spacial score (nSPS) is 23.4. The van der Waals surface area contributed by atoms with Gasteiger partial charge in [-0.25, -0.2) is 8.78 Å². The lowest BCUT2D eigenvalue weighted by atomic mass is 10.1. The molecule has 0 aliphatic carbocycles. The fourth-order valence-electron chi connectivity index (χ4n) is 1.31. The van der Waals surface area contributed by atoms with Crippen LogP contribution in [0.15, 0.2) is 0 Å².